The molecule has 2 N–H and O–H groups in total. The molecule has 0 bridgehead atoms. The molecule has 1 heterocycles. The van der Waals surface area contributed by atoms with Crippen LogP contribution in [0.25, 0.3) is 0 Å². The first-order chi connectivity index (χ1) is 9.58. The van der Waals surface area contributed by atoms with Crippen LogP contribution in [0, 0.1) is 5.41 Å². The van der Waals surface area contributed by atoms with Gasteiger partial charge in [0, 0.05) is 18.4 Å². The lowest BCUT2D eigenvalue weighted by molar-refractivity contribution is -0.136. The number of carbonyl (C=O) groups excluding carboxylic acids is 1. The van der Waals surface area contributed by atoms with E-state index in [4.69, 9.17) is 4.74 Å². The van der Waals surface area contributed by atoms with Gasteiger partial charge < -0.3 is 15.4 Å². The van der Waals surface area contributed by atoms with Gasteiger partial charge in [-0.2, -0.15) is 11.8 Å². The summed E-state index contributed by atoms with van der Waals surface area (Å²) in [7, 11) is 1.68. The molecular weight excluding hydrogens is 272 g/mol. The normalized spacial score (nSPS) is 18.8. The van der Waals surface area contributed by atoms with Crippen LogP contribution in [-0.4, -0.2) is 50.3 Å². The Morgan fingerprint density at radius 1 is 1.35 bits per heavy atom. The van der Waals surface area contributed by atoms with Crippen molar-refractivity contribution in [2.75, 3.05) is 39.6 Å². The monoisotopic (exact) mass is 302 g/mol. The third-order valence-corrected chi connectivity index (χ3v) is 6.34. The van der Waals surface area contributed by atoms with Gasteiger partial charge in [-0.05, 0) is 45.0 Å². The molecule has 1 rings (SSSR count). The van der Waals surface area contributed by atoms with Crippen LogP contribution < -0.4 is 10.6 Å². The lowest BCUT2D eigenvalue weighted by Gasteiger charge is -2.37. The van der Waals surface area contributed by atoms with Crippen molar-refractivity contribution in [2.45, 2.75) is 44.3 Å². The minimum atomic E-state index is -0.342. The number of rotatable bonds is 8. The van der Waals surface area contributed by atoms with Crippen molar-refractivity contribution in [2.24, 2.45) is 5.41 Å². The molecule has 5 heteroatoms. The van der Waals surface area contributed by atoms with Gasteiger partial charge in [0.05, 0.1) is 12.0 Å². The van der Waals surface area contributed by atoms with E-state index in [-0.39, 0.29) is 16.1 Å². The topological polar surface area (TPSA) is 50.4 Å². The Labute approximate surface area is 127 Å². The molecule has 1 aliphatic heterocycles. The fourth-order valence-corrected chi connectivity index (χ4v) is 3.70. The van der Waals surface area contributed by atoms with Crippen LogP contribution >= 0.6 is 11.8 Å². The van der Waals surface area contributed by atoms with E-state index >= 15 is 0 Å². The average molecular weight is 302 g/mol. The summed E-state index contributed by atoms with van der Waals surface area (Å²) >= 11 is 1.86. The van der Waals surface area contributed by atoms with E-state index in [9.17, 15) is 4.79 Å². The predicted octanol–water partition coefficient (Wildman–Crippen LogP) is 2.04. The van der Waals surface area contributed by atoms with E-state index < -0.39 is 0 Å². The lowest BCUT2D eigenvalue weighted by Crippen LogP contribution is -2.52. The zero-order valence-electron chi connectivity index (χ0n) is 13.4. The minimum absolute atomic E-state index is 0.164. The van der Waals surface area contributed by atoms with E-state index in [0.717, 1.165) is 45.3 Å². The maximum Gasteiger partial charge on any atom is 0.228 e. The third kappa shape index (κ3) is 4.12. The fraction of sp³-hybridized carbons (Fsp3) is 0.933. The van der Waals surface area contributed by atoms with E-state index in [1.165, 1.54) is 0 Å². The highest BCUT2D eigenvalue weighted by atomic mass is 32.2. The van der Waals surface area contributed by atoms with Gasteiger partial charge in [0.2, 0.25) is 5.91 Å². The van der Waals surface area contributed by atoms with Gasteiger partial charge in [0.25, 0.3) is 0 Å². The summed E-state index contributed by atoms with van der Waals surface area (Å²) in [6.07, 6.45) is 6.00. The molecule has 1 aliphatic rings. The Kier molecular flexibility index (Phi) is 7.34. The van der Waals surface area contributed by atoms with Crippen LogP contribution in [0.15, 0.2) is 0 Å². The van der Waals surface area contributed by atoms with Crippen molar-refractivity contribution < 1.29 is 9.53 Å². The largest absolute Gasteiger partial charge is 0.384 e. The van der Waals surface area contributed by atoms with E-state index in [1.54, 1.807) is 7.11 Å². The number of piperidine rings is 1. The van der Waals surface area contributed by atoms with Crippen molar-refractivity contribution in [1.29, 1.82) is 0 Å². The second kappa shape index (κ2) is 8.25. The predicted molar refractivity (Wildman–Crippen MR) is 86.3 cm³/mol. The average Bonchev–Trinajstić information content (AvgIpc) is 2.50. The summed E-state index contributed by atoms with van der Waals surface area (Å²) in [6, 6.07) is 0. The summed E-state index contributed by atoms with van der Waals surface area (Å²) in [6.45, 7) is 7.45. The molecule has 0 aromatic carbocycles. The Morgan fingerprint density at radius 2 is 1.95 bits per heavy atom. The first-order valence-electron chi connectivity index (χ1n) is 7.61. The van der Waals surface area contributed by atoms with Crippen molar-refractivity contribution in [3.05, 3.63) is 0 Å². The molecule has 118 valence electrons. The first kappa shape index (κ1) is 17.8. The third-order valence-electron chi connectivity index (χ3n) is 4.76. The zero-order chi connectivity index (χ0) is 15.1. The second-order valence-electron chi connectivity index (χ2n) is 5.74. The van der Waals surface area contributed by atoms with Crippen molar-refractivity contribution in [3.8, 4) is 0 Å². The van der Waals surface area contributed by atoms with Gasteiger partial charge in [-0.15, -0.1) is 0 Å². The maximum absolute atomic E-state index is 12.7. The van der Waals surface area contributed by atoms with Gasteiger partial charge >= 0.3 is 0 Å². The molecule has 1 amide bonds. The molecular formula is C15H30N2O2S. The number of nitrogens with one attached hydrogen (secondary N) is 2. The van der Waals surface area contributed by atoms with Crippen molar-refractivity contribution in [1.82, 2.24) is 10.6 Å². The maximum atomic E-state index is 12.7. The number of thioether (sulfide) groups is 1. The van der Waals surface area contributed by atoms with E-state index in [0.29, 0.717) is 6.61 Å². The second-order valence-corrected chi connectivity index (χ2v) is 7.01. The van der Waals surface area contributed by atoms with Gasteiger partial charge in [-0.3, -0.25) is 4.79 Å². The molecule has 0 saturated carbocycles. The minimum Gasteiger partial charge on any atom is -0.384 e. The summed E-state index contributed by atoms with van der Waals surface area (Å²) in [5, 5.41) is 6.52. The Balaban J connectivity index is 2.67. The highest BCUT2D eigenvalue weighted by molar-refractivity contribution is 8.00. The number of hydrogen-bond acceptors (Lipinski definition) is 4. The van der Waals surface area contributed by atoms with E-state index in [1.807, 2.05) is 11.8 Å². The molecule has 0 aliphatic carbocycles. The molecule has 0 radical (unpaired) electrons. The van der Waals surface area contributed by atoms with Crippen LogP contribution in [0.5, 0.6) is 0 Å². The quantitative estimate of drug-likeness (QED) is 0.720. The molecule has 20 heavy (non-hydrogen) atoms. The fourth-order valence-electron chi connectivity index (χ4n) is 2.91. The molecule has 1 fully saturated rings. The molecule has 4 nitrogen and oxygen atoms in total. The SMILES string of the molecule is CCC(CC)(CNC(=O)C1(COC)CCNCC1)SC. The number of carbonyl (C=O) groups is 1. The highest BCUT2D eigenvalue weighted by Gasteiger charge is 2.40. The van der Waals surface area contributed by atoms with Crippen LogP contribution in [0.3, 0.4) is 0 Å². The summed E-state index contributed by atoms with van der Waals surface area (Å²) in [4.78, 5) is 12.7. The summed E-state index contributed by atoms with van der Waals surface area (Å²) < 4.78 is 5.49. The van der Waals surface area contributed by atoms with Crippen LogP contribution in [0.4, 0.5) is 0 Å². The Morgan fingerprint density at radius 3 is 2.40 bits per heavy atom. The number of amides is 1. The smallest absolute Gasteiger partial charge is 0.228 e. The molecule has 0 spiro atoms. The first-order valence-corrected chi connectivity index (χ1v) is 8.83. The van der Waals surface area contributed by atoms with Crippen LogP contribution in [0.2, 0.25) is 0 Å². The number of ether oxygens (including phenoxy) is 1. The van der Waals surface area contributed by atoms with Gasteiger partial charge in [0.1, 0.15) is 0 Å². The molecule has 0 atom stereocenters. The van der Waals surface area contributed by atoms with Crippen molar-refractivity contribution >= 4 is 17.7 Å². The van der Waals surface area contributed by atoms with Crippen LogP contribution in [0.1, 0.15) is 39.5 Å². The van der Waals surface area contributed by atoms with Gasteiger partial charge in [-0.25, -0.2) is 0 Å². The zero-order valence-corrected chi connectivity index (χ0v) is 14.2. The summed E-state index contributed by atoms with van der Waals surface area (Å²) in [5.74, 6) is 0.168. The van der Waals surface area contributed by atoms with E-state index in [2.05, 4.69) is 30.7 Å². The molecule has 0 aromatic heterocycles. The standard InChI is InChI=1S/C15H30N2O2S/c1-5-15(6-2,20-4)11-17-13(18)14(12-19-3)7-9-16-10-8-14/h16H,5-12H2,1-4H3,(H,17,18). The molecule has 0 unspecified atom stereocenters. The Hall–Kier alpha value is -0.260. The molecule has 0 aromatic rings. The lowest BCUT2D eigenvalue weighted by atomic mass is 9.78. The number of methoxy groups -OCH3 is 1. The Bertz CT molecular complexity index is 286. The summed E-state index contributed by atoms with van der Waals surface area (Å²) in [5.41, 5.74) is -0.342. The number of hydrogen-bond donors (Lipinski definition) is 2. The molecule has 1 saturated heterocycles. The van der Waals surface area contributed by atoms with Gasteiger partial charge in [-0.1, -0.05) is 13.8 Å². The highest BCUT2D eigenvalue weighted by Crippen LogP contribution is 2.32. The van der Waals surface area contributed by atoms with Crippen LogP contribution in [-0.2, 0) is 9.53 Å². The van der Waals surface area contributed by atoms with Gasteiger partial charge in [0.15, 0.2) is 0 Å². The van der Waals surface area contributed by atoms with Crippen molar-refractivity contribution in [3.63, 3.8) is 0 Å².